The molecule has 1 saturated heterocycles. The van der Waals surface area contributed by atoms with Crippen LogP contribution in [-0.4, -0.2) is 41.0 Å². The second-order valence-electron chi connectivity index (χ2n) is 7.75. The molecule has 3 amide bonds. The van der Waals surface area contributed by atoms with Crippen molar-refractivity contribution < 1.29 is 23.5 Å². The Morgan fingerprint density at radius 2 is 1.67 bits per heavy atom. The molecule has 1 aliphatic heterocycles. The summed E-state index contributed by atoms with van der Waals surface area (Å²) >= 11 is 11.4. The Kier molecular flexibility index (Phi) is 7.47. The lowest BCUT2D eigenvalue weighted by Gasteiger charge is -2.24. The van der Waals surface area contributed by atoms with Crippen LogP contribution in [0.25, 0.3) is 0 Å². The van der Waals surface area contributed by atoms with Gasteiger partial charge in [-0.25, -0.2) is 9.40 Å². The Labute approximate surface area is 216 Å². The van der Waals surface area contributed by atoms with E-state index in [-0.39, 0.29) is 17.1 Å². The van der Waals surface area contributed by atoms with Gasteiger partial charge in [-0.15, -0.1) is 0 Å². The monoisotopic (exact) mass is 526 g/mol. The fourth-order valence-corrected chi connectivity index (χ4v) is 4.06. The Bertz CT molecular complexity index is 1300. The van der Waals surface area contributed by atoms with Gasteiger partial charge in [0.05, 0.1) is 19.2 Å². The van der Waals surface area contributed by atoms with E-state index in [1.165, 1.54) is 48.5 Å². The first-order chi connectivity index (χ1) is 17.3. The largest absolute Gasteiger partial charge is 0.497 e. The van der Waals surface area contributed by atoms with Gasteiger partial charge in [-0.2, -0.15) is 0 Å². The number of thiocarbonyl (C=S) groups is 1. The summed E-state index contributed by atoms with van der Waals surface area (Å²) in [7, 11) is 1.53. The molecular weight excluding hydrogens is 507 g/mol. The average molecular weight is 527 g/mol. The van der Waals surface area contributed by atoms with Gasteiger partial charge in [0.1, 0.15) is 17.6 Å². The molecule has 0 spiro atoms. The van der Waals surface area contributed by atoms with Crippen LogP contribution in [0.15, 0.2) is 72.8 Å². The lowest BCUT2D eigenvalue weighted by atomic mass is 10.1. The molecule has 11 heteroatoms. The molecule has 0 aliphatic carbocycles. The molecule has 1 atom stereocenters. The molecule has 4 rings (SSSR count). The van der Waals surface area contributed by atoms with Crippen LogP contribution in [0, 0.1) is 5.82 Å². The van der Waals surface area contributed by atoms with Crippen molar-refractivity contribution in [2.45, 2.75) is 12.5 Å². The van der Waals surface area contributed by atoms with Gasteiger partial charge >= 0.3 is 0 Å². The topological polar surface area (TPSA) is 91.0 Å². The summed E-state index contributed by atoms with van der Waals surface area (Å²) in [5.41, 5.74) is 3.69. The zero-order valence-corrected chi connectivity index (χ0v) is 20.5. The van der Waals surface area contributed by atoms with E-state index in [1.54, 1.807) is 36.4 Å². The normalized spacial score (nSPS) is 15.1. The first kappa shape index (κ1) is 25.1. The molecule has 3 aromatic rings. The smallest absolute Gasteiger partial charge is 0.269 e. The highest BCUT2D eigenvalue weighted by Gasteiger charge is 2.45. The third-order valence-corrected chi connectivity index (χ3v) is 6.01. The minimum atomic E-state index is -1.14. The second kappa shape index (κ2) is 10.7. The molecular formula is C25H20ClFN4O4S. The molecule has 3 aromatic carbocycles. The number of hydrogen-bond acceptors (Lipinski definition) is 5. The van der Waals surface area contributed by atoms with E-state index in [9.17, 15) is 18.8 Å². The number of methoxy groups -OCH3 is 1. The summed E-state index contributed by atoms with van der Waals surface area (Å²) in [5.74, 6) is -1.45. The first-order valence-corrected chi connectivity index (χ1v) is 11.5. The van der Waals surface area contributed by atoms with Gasteiger partial charge in [0.25, 0.3) is 11.8 Å². The maximum atomic E-state index is 13.5. The van der Waals surface area contributed by atoms with Crippen LogP contribution in [0.1, 0.15) is 16.8 Å². The number of hydrogen-bond donors (Lipinski definition) is 2. The van der Waals surface area contributed by atoms with Crippen molar-refractivity contribution in [3.05, 3.63) is 89.2 Å². The summed E-state index contributed by atoms with van der Waals surface area (Å²) in [6.45, 7) is 0. The number of carbonyl (C=O) groups is 3. The second-order valence-corrected chi connectivity index (χ2v) is 8.55. The Morgan fingerprint density at radius 1 is 1.03 bits per heavy atom. The van der Waals surface area contributed by atoms with Gasteiger partial charge in [0.2, 0.25) is 11.0 Å². The lowest BCUT2D eigenvalue weighted by molar-refractivity contribution is -0.124. The minimum Gasteiger partial charge on any atom is -0.497 e. The fraction of sp³-hybridized carbons (Fsp3) is 0.120. The highest BCUT2D eigenvalue weighted by Crippen LogP contribution is 2.27. The fourth-order valence-electron chi connectivity index (χ4n) is 3.56. The van der Waals surface area contributed by atoms with Crippen LogP contribution < -0.4 is 20.4 Å². The number of nitrogens with one attached hydrogen (secondary N) is 2. The van der Waals surface area contributed by atoms with Crippen molar-refractivity contribution in [2.75, 3.05) is 17.3 Å². The zero-order chi connectivity index (χ0) is 25.8. The highest BCUT2D eigenvalue weighted by molar-refractivity contribution is 7.80. The number of ether oxygens (including phenoxy) is 1. The maximum Gasteiger partial charge on any atom is 0.269 e. The van der Waals surface area contributed by atoms with E-state index in [0.29, 0.717) is 22.1 Å². The van der Waals surface area contributed by atoms with Gasteiger partial charge in [-0.05, 0) is 85.0 Å². The zero-order valence-electron chi connectivity index (χ0n) is 18.9. The molecule has 2 N–H and O–H groups in total. The standard InChI is InChI=1S/C25H20ClFN4O4S/c1-35-20-12-8-18(9-13-20)28-22(32)14-21-24(34)30(19-10-6-17(27)7-11-19)25(36)31(21)29-23(33)15-2-4-16(26)5-3-15/h2-13,21H,14H2,1H3,(H,28,32)(H,29,33)/t21-/m0/s1. The lowest BCUT2D eigenvalue weighted by Crippen LogP contribution is -2.49. The highest BCUT2D eigenvalue weighted by atomic mass is 35.5. The molecule has 184 valence electrons. The van der Waals surface area contributed by atoms with Crippen LogP contribution in [0.5, 0.6) is 5.75 Å². The van der Waals surface area contributed by atoms with E-state index < -0.39 is 29.6 Å². The first-order valence-electron chi connectivity index (χ1n) is 10.7. The number of amides is 3. The van der Waals surface area contributed by atoms with Crippen LogP contribution in [0.2, 0.25) is 5.02 Å². The maximum absolute atomic E-state index is 13.5. The SMILES string of the molecule is COc1ccc(NC(=O)C[C@H]2C(=O)N(c3ccc(F)cc3)C(=S)N2NC(=O)c2ccc(Cl)cc2)cc1. The molecule has 1 aliphatic rings. The number of halogens is 2. The predicted molar refractivity (Wildman–Crippen MR) is 137 cm³/mol. The third-order valence-electron chi connectivity index (χ3n) is 5.38. The number of benzene rings is 3. The molecule has 8 nitrogen and oxygen atoms in total. The van der Waals surface area contributed by atoms with Crippen molar-refractivity contribution in [2.24, 2.45) is 0 Å². The number of rotatable bonds is 7. The van der Waals surface area contributed by atoms with Crippen LogP contribution in [0.4, 0.5) is 15.8 Å². The van der Waals surface area contributed by atoms with E-state index >= 15 is 0 Å². The summed E-state index contributed by atoms with van der Waals surface area (Å²) in [6, 6.07) is 16.8. The Hall–Kier alpha value is -4.02. The number of nitrogens with zero attached hydrogens (tertiary/aromatic N) is 2. The van der Waals surface area contributed by atoms with Crippen molar-refractivity contribution in [3.63, 3.8) is 0 Å². The van der Waals surface area contributed by atoms with Gasteiger partial charge in [-0.3, -0.25) is 24.7 Å². The van der Waals surface area contributed by atoms with Crippen LogP contribution in [0.3, 0.4) is 0 Å². The van der Waals surface area contributed by atoms with Gasteiger partial charge in [-0.1, -0.05) is 11.6 Å². The quantitative estimate of drug-likeness (QED) is 0.449. The molecule has 0 aromatic heterocycles. The molecule has 0 bridgehead atoms. The molecule has 1 heterocycles. The predicted octanol–water partition coefficient (Wildman–Crippen LogP) is 4.16. The summed E-state index contributed by atoms with van der Waals surface area (Å²) in [4.78, 5) is 40.3. The van der Waals surface area contributed by atoms with Crippen molar-refractivity contribution >= 4 is 58.0 Å². The van der Waals surface area contributed by atoms with E-state index in [4.69, 9.17) is 28.6 Å². The minimum absolute atomic E-state index is 0.0591. The van der Waals surface area contributed by atoms with Gasteiger partial charge in [0, 0.05) is 16.3 Å². The van der Waals surface area contributed by atoms with Crippen LogP contribution >= 0.6 is 23.8 Å². The summed E-state index contributed by atoms with van der Waals surface area (Å²) in [6.07, 6.45) is -0.316. The van der Waals surface area contributed by atoms with E-state index in [1.807, 2.05) is 0 Å². The van der Waals surface area contributed by atoms with Crippen molar-refractivity contribution in [1.82, 2.24) is 10.4 Å². The molecule has 0 radical (unpaired) electrons. The summed E-state index contributed by atoms with van der Waals surface area (Å²) in [5, 5.41) is 4.28. The van der Waals surface area contributed by atoms with Crippen molar-refractivity contribution in [1.29, 1.82) is 0 Å². The molecule has 36 heavy (non-hydrogen) atoms. The third kappa shape index (κ3) is 5.45. The van der Waals surface area contributed by atoms with E-state index in [2.05, 4.69) is 10.7 Å². The Morgan fingerprint density at radius 3 is 2.28 bits per heavy atom. The van der Waals surface area contributed by atoms with E-state index in [0.717, 1.165) is 4.90 Å². The molecule has 0 saturated carbocycles. The van der Waals surface area contributed by atoms with Crippen molar-refractivity contribution in [3.8, 4) is 5.75 Å². The van der Waals surface area contributed by atoms with Gasteiger partial charge < -0.3 is 10.1 Å². The number of anilines is 2. The average Bonchev–Trinajstić information content (AvgIpc) is 3.09. The molecule has 1 fully saturated rings. The van der Waals surface area contributed by atoms with Crippen LogP contribution in [-0.2, 0) is 9.59 Å². The summed E-state index contributed by atoms with van der Waals surface area (Å²) < 4.78 is 18.6. The Balaban J connectivity index is 1.58. The van der Waals surface area contributed by atoms with Gasteiger partial charge in [0.15, 0.2) is 0 Å². The molecule has 0 unspecified atom stereocenters. The number of hydrazine groups is 1. The number of carbonyl (C=O) groups excluding carboxylic acids is 3.